The Balaban J connectivity index is 0.000000137. The van der Waals surface area contributed by atoms with Crippen LogP contribution in [0.1, 0.15) is 31.8 Å². The van der Waals surface area contributed by atoms with Gasteiger partial charge >= 0.3 is 0 Å². The smallest absolute Gasteiger partial charge is 0.186 e. The van der Waals surface area contributed by atoms with Gasteiger partial charge < -0.3 is 0 Å². The summed E-state index contributed by atoms with van der Waals surface area (Å²) in [6.07, 6.45) is 7.05. The van der Waals surface area contributed by atoms with Crippen LogP contribution in [0.2, 0.25) is 0 Å². The van der Waals surface area contributed by atoms with Gasteiger partial charge in [0.15, 0.2) is 11.6 Å². The molecule has 4 aromatic carbocycles. The molecular formula is C26H18O2S. The van der Waals surface area contributed by atoms with Gasteiger partial charge in [-0.2, -0.15) is 13.5 Å². The Morgan fingerprint density at radius 3 is 1.24 bits per heavy atom. The van der Waals surface area contributed by atoms with Gasteiger partial charge in [0.1, 0.15) is 0 Å². The van der Waals surface area contributed by atoms with Crippen molar-refractivity contribution in [3.8, 4) is 0 Å². The van der Waals surface area contributed by atoms with Crippen molar-refractivity contribution in [2.45, 2.75) is 0 Å². The fraction of sp³-hybridized carbons (Fsp3) is 0. The van der Waals surface area contributed by atoms with Crippen molar-refractivity contribution in [2.75, 3.05) is 0 Å². The number of ketones is 2. The molecule has 0 saturated heterocycles. The molecule has 2 nitrogen and oxygen atoms in total. The van der Waals surface area contributed by atoms with Gasteiger partial charge in [0.05, 0.1) is 0 Å². The molecule has 3 heteroatoms. The van der Waals surface area contributed by atoms with Crippen molar-refractivity contribution in [3.05, 3.63) is 107 Å². The first-order valence-electron chi connectivity index (χ1n) is 9.21. The lowest BCUT2D eigenvalue weighted by atomic mass is 9.92. The molecule has 0 amide bonds. The molecule has 2 aliphatic carbocycles. The number of benzene rings is 4. The third kappa shape index (κ3) is 3.20. The maximum atomic E-state index is 11.6. The molecule has 0 spiro atoms. The molecular weight excluding hydrogens is 376 g/mol. The van der Waals surface area contributed by atoms with E-state index in [0.29, 0.717) is 0 Å². The Morgan fingerprint density at radius 2 is 0.828 bits per heavy atom. The average molecular weight is 394 g/mol. The monoisotopic (exact) mass is 394 g/mol. The van der Waals surface area contributed by atoms with Gasteiger partial charge in [-0.15, -0.1) is 0 Å². The highest BCUT2D eigenvalue weighted by Crippen LogP contribution is 2.29. The van der Waals surface area contributed by atoms with Crippen molar-refractivity contribution >= 4 is 58.8 Å². The summed E-state index contributed by atoms with van der Waals surface area (Å²) in [5, 5.41) is 4.44. The van der Waals surface area contributed by atoms with E-state index in [1.165, 1.54) is 0 Å². The normalized spacial score (nSPS) is 13.1. The summed E-state index contributed by atoms with van der Waals surface area (Å²) in [6.45, 7) is 0. The summed E-state index contributed by atoms with van der Waals surface area (Å²) in [5.41, 5.74) is 3.91. The van der Waals surface area contributed by atoms with Crippen LogP contribution in [0.15, 0.2) is 84.9 Å². The van der Waals surface area contributed by atoms with E-state index < -0.39 is 0 Å². The summed E-state index contributed by atoms with van der Waals surface area (Å²) in [7, 11) is 0. The Bertz CT molecular complexity index is 1230. The minimum absolute atomic E-state index is 0. The number of rotatable bonds is 0. The Kier molecular flexibility index (Phi) is 4.91. The van der Waals surface area contributed by atoms with Crippen molar-refractivity contribution in [3.63, 3.8) is 0 Å². The van der Waals surface area contributed by atoms with Gasteiger partial charge in [-0.1, -0.05) is 84.9 Å². The molecule has 0 heterocycles. The van der Waals surface area contributed by atoms with Crippen molar-refractivity contribution in [2.24, 2.45) is 0 Å². The molecule has 0 saturated carbocycles. The second kappa shape index (κ2) is 7.53. The first-order valence-corrected chi connectivity index (χ1v) is 9.21. The van der Waals surface area contributed by atoms with E-state index in [1.807, 2.05) is 84.9 Å². The van der Waals surface area contributed by atoms with Crippen LogP contribution in [0, 0.1) is 0 Å². The molecule has 0 fully saturated rings. The van der Waals surface area contributed by atoms with Crippen LogP contribution in [0.5, 0.6) is 0 Å². The number of carbonyl (C=O) groups is 2. The van der Waals surface area contributed by atoms with Crippen LogP contribution in [-0.4, -0.2) is 11.6 Å². The maximum absolute atomic E-state index is 11.6. The summed E-state index contributed by atoms with van der Waals surface area (Å²) < 4.78 is 0. The lowest BCUT2D eigenvalue weighted by molar-refractivity contribution is 0.104. The van der Waals surface area contributed by atoms with Crippen LogP contribution in [0.25, 0.3) is 33.7 Å². The molecule has 0 atom stereocenters. The van der Waals surface area contributed by atoms with Crippen LogP contribution in [0.4, 0.5) is 0 Å². The molecule has 4 aromatic rings. The van der Waals surface area contributed by atoms with Crippen LogP contribution >= 0.6 is 13.5 Å². The molecule has 29 heavy (non-hydrogen) atoms. The third-order valence-corrected chi connectivity index (χ3v) is 5.23. The number of allylic oxidation sites excluding steroid dienone is 2. The molecule has 0 aromatic heterocycles. The van der Waals surface area contributed by atoms with Gasteiger partial charge in [0.25, 0.3) is 0 Å². The Hall–Kier alpha value is -3.43. The van der Waals surface area contributed by atoms with Crippen LogP contribution in [0.3, 0.4) is 0 Å². The van der Waals surface area contributed by atoms with E-state index in [-0.39, 0.29) is 25.1 Å². The topological polar surface area (TPSA) is 34.1 Å². The summed E-state index contributed by atoms with van der Waals surface area (Å²) in [5.74, 6) is 0.212. The molecule has 2 aliphatic rings. The predicted molar refractivity (Wildman–Crippen MR) is 125 cm³/mol. The quantitative estimate of drug-likeness (QED) is 0.355. The van der Waals surface area contributed by atoms with Gasteiger partial charge in [-0.05, 0) is 34.1 Å². The largest absolute Gasteiger partial charge is 0.289 e. The van der Waals surface area contributed by atoms with Gasteiger partial charge in [-0.25, -0.2) is 0 Å². The lowest BCUT2D eigenvalue weighted by Gasteiger charge is -2.10. The zero-order valence-corrected chi connectivity index (χ0v) is 16.6. The fourth-order valence-corrected chi connectivity index (χ4v) is 3.94. The lowest BCUT2D eigenvalue weighted by Crippen LogP contribution is -2.00. The first kappa shape index (κ1) is 18.9. The molecule has 0 N–H and O–H groups in total. The molecule has 140 valence electrons. The van der Waals surface area contributed by atoms with Gasteiger partial charge in [-0.3, -0.25) is 9.59 Å². The number of carbonyl (C=O) groups excluding carboxylic acids is 2. The Labute approximate surface area is 175 Å². The van der Waals surface area contributed by atoms with E-state index in [1.54, 1.807) is 12.2 Å². The maximum Gasteiger partial charge on any atom is 0.186 e. The molecule has 0 aliphatic heterocycles. The standard InChI is InChI=1S/2C13H8O.H2S/c2*14-12-8-7-10-4-1-3-9-5-2-6-11(12)13(9)10;/h2*1-8H;1H2. The van der Waals surface area contributed by atoms with E-state index >= 15 is 0 Å². The second-order valence-electron chi connectivity index (χ2n) is 6.90. The summed E-state index contributed by atoms with van der Waals surface area (Å²) in [4.78, 5) is 23.2. The van der Waals surface area contributed by atoms with E-state index in [9.17, 15) is 9.59 Å². The second-order valence-corrected chi connectivity index (χ2v) is 6.90. The van der Waals surface area contributed by atoms with Gasteiger partial charge in [0, 0.05) is 21.9 Å². The van der Waals surface area contributed by atoms with Crippen molar-refractivity contribution in [1.29, 1.82) is 0 Å². The zero-order valence-electron chi connectivity index (χ0n) is 15.6. The van der Waals surface area contributed by atoms with Crippen molar-refractivity contribution in [1.82, 2.24) is 0 Å². The van der Waals surface area contributed by atoms with Gasteiger partial charge in [0.2, 0.25) is 0 Å². The fourth-order valence-electron chi connectivity index (χ4n) is 3.94. The molecule has 0 unspecified atom stereocenters. The summed E-state index contributed by atoms with van der Waals surface area (Å²) in [6, 6.07) is 23.9. The molecule has 0 radical (unpaired) electrons. The Morgan fingerprint density at radius 1 is 0.448 bits per heavy atom. The van der Waals surface area contributed by atoms with E-state index in [2.05, 4.69) is 0 Å². The first-order chi connectivity index (χ1) is 13.7. The van der Waals surface area contributed by atoms with E-state index in [4.69, 9.17) is 0 Å². The highest BCUT2D eigenvalue weighted by Gasteiger charge is 2.14. The van der Waals surface area contributed by atoms with Crippen LogP contribution in [-0.2, 0) is 0 Å². The highest BCUT2D eigenvalue weighted by molar-refractivity contribution is 7.59. The molecule has 0 bridgehead atoms. The van der Waals surface area contributed by atoms with E-state index in [0.717, 1.165) is 43.8 Å². The number of hydrogen-bond acceptors (Lipinski definition) is 2. The SMILES string of the molecule is O=C1C=Cc2cccc3cccc1c23.O=C1C=Cc2cccc3cccc1c23.S. The highest BCUT2D eigenvalue weighted by atomic mass is 32.1. The zero-order chi connectivity index (χ0) is 19.1. The van der Waals surface area contributed by atoms with Crippen molar-refractivity contribution < 1.29 is 9.59 Å². The minimum Gasteiger partial charge on any atom is -0.289 e. The molecule has 6 rings (SSSR count). The minimum atomic E-state index is 0. The third-order valence-electron chi connectivity index (χ3n) is 5.23. The van der Waals surface area contributed by atoms with Crippen LogP contribution < -0.4 is 0 Å². The predicted octanol–water partition coefficient (Wildman–Crippen LogP) is 6.21. The number of hydrogen-bond donors (Lipinski definition) is 0. The average Bonchev–Trinajstić information content (AvgIpc) is 2.74. The summed E-state index contributed by atoms with van der Waals surface area (Å²) >= 11 is 0.